The van der Waals surface area contributed by atoms with E-state index in [1.54, 1.807) is 29.1 Å². The van der Waals surface area contributed by atoms with Gasteiger partial charge in [-0.2, -0.15) is 5.10 Å². The Morgan fingerprint density at radius 2 is 1.83 bits per heavy atom. The Bertz CT molecular complexity index is 650. The minimum Gasteiger partial charge on any atom is -0.348 e. The van der Waals surface area contributed by atoms with Gasteiger partial charge in [-0.05, 0) is 56.0 Å². The Morgan fingerprint density at radius 3 is 2.48 bits per heavy atom. The van der Waals surface area contributed by atoms with Gasteiger partial charge in [-0.3, -0.25) is 4.79 Å². The fourth-order valence-electron chi connectivity index (χ4n) is 2.71. The predicted molar refractivity (Wildman–Crippen MR) is 88.5 cm³/mol. The molecule has 0 bridgehead atoms. The van der Waals surface area contributed by atoms with Crippen molar-refractivity contribution in [3.05, 3.63) is 48.0 Å². The minimum atomic E-state index is -0.302. The molecule has 7 heteroatoms. The highest BCUT2D eigenvalue weighted by molar-refractivity contribution is 5.92. The summed E-state index contributed by atoms with van der Waals surface area (Å²) < 4.78 is 14.5. The Balaban J connectivity index is 0.00000192. The van der Waals surface area contributed by atoms with Gasteiger partial charge in [-0.25, -0.2) is 9.07 Å². The van der Waals surface area contributed by atoms with Crippen molar-refractivity contribution in [2.24, 2.45) is 5.73 Å². The lowest BCUT2D eigenvalue weighted by molar-refractivity contribution is 0.0920. The van der Waals surface area contributed by atoms with E-state index in [-0.39, 0.29) is 36.2 Å². The summed E-state index contributed by atoms with van der Waals surface area (Å²) in [6, 6.07) is 8.05. The van der Waals surface area contributed by atoms with Gasteiger partial charge in [0, 0.05) is 18.3 Å². The van der Waals surface area contributed by atoms with Crippen molar-refractivity contribution < 1.29 is 9.18 Å². The summed E-state index contributed by atoms with van der Waals surface area (Å²) in [6.07, 6.45) is 5.39. The Kier molecular flexibility index (Phi) is 5.74. The lowest BCUT2D eigenvalue weighted by Gasteiger charge is -2.26. The first-order valence-corrected chi connectivity index (χ1v) is 7.50. The monoisotopic (exact) mass is 338 g/mol. The van der Waals surface area contributed by atoms with Crippen molar-refractivity contribution in [3.8, 4) is 5.69 Å². The molecule has 0 aliphatic heterocycles. The molecule has 1 fully saturated rings. The van der Waals surface area contributed by atoms with E-state index in [9.17, 15) is 9.18 Å². The summed E-state index contributed by atoms with van der Waals surface area (Å²) in [5, 5.41) is 7.25. The number of nitrogens with zero attached hydrogens (tertiary/aromatic N) is 2. The first-order chi connectivity index (χ1) is 10.6. The molecule has 0 saturated heterocycles. The molecule has 23 heavy (non-hydrogen) atoms. The number of nitrogens with one attached hydrogen (secondary N) is 1. The summed E-state index contributed by atoms with van der Waals surface area (Å²) in [4.78, 5) is 12.2. The van der Waals surface area contributed by atoms with Crippen LogP contribution in [0.1, 0.15) is 36.2 Å². The van der Waals surface area contributed by atoms with Crippen LogP contribution in [0.2, 0.25) is 0 Å². The zero-order valence-corrected chi connectivity index (χ0v) is 13.4. The van der Waals surface area contributed by atoms with Gasteiger partial charge in [0.2, 0.25) is 0 Å². The molecule has 1 aromatic heterocycles. The quantitative estimate of drug-likeness (QED) is 0.902. The Hall–Kier alpha value is -1.92. The summed E-state index contributed by atoms with van der Waals surface area (Å²) in [5.74, 6) is -0.481. The topological polar surface area (TPSA) is 72.9 Å². The van der Waals surface area contributed by atoms with Crippen LogP contribution in [0.3, 0.4) is 0 Å². The number of hydrogen-bond donors (Lipinski definition) is 2. The Labute approximate surface area is 140 Å². The molecule has 0 spiro atoms. The van der Waals surface area contributed by atoms with Gasteiger partial charge in [0.15, 0.2) is 5.69 Å². The van der Waals surface area contributed by atoms with Crippen LogP contribution >= 0.6 is 12.4 Å². The number of benzene rings is 1. The van der Waals surface area contributed by atoms with E-state index >= 15 is 0 Å². The first kappa shape index (κ1) is 17.4. The van der Waals surface area contributed by atoms with E-state index in [1.807, 2.05) is 0 Å². The molecule has 1 aliphatic carbocycles. The van der Waals surface area contributed by atoms with E-state index in [2.05, 4.69) is 10.4 Å². The summed E-state index contributed by atoms with van der Waals surface area (Å²) in [7, 11) is 0. The Morgan fingerprint density at radius 1 is 1.17 bits per heavy atom. The van der Waals surface area contributed by atoms with Gasteiger partial charge in [0.05, 0.1) is 5.69 Å². The van der Waals surface area contributed by atoms with Gasteiger partial charge in [-0.15, -0.1) is 12.4 Å². The predicted octanol–water partition coefficient (Wildman–Crippen LogP) is 2.43. The second kappa shape index (κ2) is 7.57. The average molecular weight is 339 g/mol. The van der Waals surface area contributed by atoms with Crippen LogP contribution in [-0.2, 0) is 0 Å². The molecule has 1 aromatic carbocycles. The fraction of sp³-hybridized carbons (Fsp3) is 0.375. The molecule has 3 rings (SSSR count). The third-order valence-electron chi connectivity index (χ3n) is 4.02. The minimum absolute atomic E-state index is 0. The molecule has 1 heterocycles. The van der Waals surface area contributed by atoms with E-state index in [0.717, 1.165) is 25.7 Å². The third kappa shape index (κ3) is 4.30. The molecule has 1 aliphatic rings. The highest BCUT2D eigenvalue weighted by Gasteiger charge is 2.21. The van der Waals surface area contributed by atoms with Gasteiger partial charge < -0.3 is 11.1 Å². The van der Waals surface area contributed by atoms with Gasteiger partial charge in [-0.1, -0.05) is 0 Å². The molecule has 2 aromatic rings. The van der Waals surface area contributed by atoms with Crippen LogP contribution in [0.15, 0.2) is 36.5 Å². The average Bonchev–Trinajstić information content (AvgIpc) is 3.00. The van der Waals surface area contributed by atoms with Crippen LogP contribution in [0.4, 0.5) is 4.39 Å². The van der Waals surface area contributed by atoms with Crippen LogP contribution in [-0.4, -0.2) is 27.8 Å². The molecule has 1 amide bonds. The van der Waals surface area contributed by atoms with Crippen molar-refractivity contribution in [3.63, 3.8) is 0 Å². The van der Waals surface area contributed by atoms with Crippen LogP contribution in [0.5, 0.6) is 0 Å². The van der Waals surface area contributed by atoms with Crippen molar-refractivity contribution in [2.45, 2.75) is 37.8 Å². The van der Waals surface area contributed by atoms with Gasteiger partial charge in [0.1, 0.15) is 5.82 Å². The fourth-order valence-corrected chi connectivity index (χ4v) is 2.71. The van der Waals surface area contributed by atoms with Crippen LogP contribution in [0, 0.1) is 5.82 Å². The largest absolute Gasteiger partial charge is 0.348 e. The normalized spacial score (nSPS) is 20.6. The smallest absolute Gasteiger partial charge is 0.272 e. The molecule has 0 unspecified atom stereocenters. The molecule has 0 radical (unpaired) electrons. The molecule has 1 saturated carbocycles. The van der Waals surface area contributed by atoms with Crippen molar-refractivity contribution in [1.29, 1.82) is 0 Å². The molecule has 5 nitrogen and oxygen atoms in total. The second-order valence-electron chi connectivity index (χ2n) is 5.71. The van der Waals surface area contributed by atoms with Gasteiger partial charge >= 0.3 is 0 Å². The van der Waals surface area contributed by atoms with Crippen LogP contribution in [0.25, 0.3) is 5.69 Å². The first-order valence-electron chi connectivity index (χ1n) is 7.50. The van der Waals surface area contributed by atoms with Crippen molar-refractivity contribution >= 4 is 18.3 Å². The highest BCUT2D eigenvalue weighted by Crippen LogP contribution is 2.17. The standard InChI is InChI=1S/C16H19FN4O.ClH/c17-11-1-7-14(8-2-11)21-10-9-15(20-21)16(22)19-13-5-3-12(18)4-6-13;/h1-2,7-10,12-13H,3-6,18H2,(H,19,22);1H. The van der Waals surface area contributed by atoms with Crippen LogP contribution < -0.4 is 11.1 Å². The summed E-state index contributed by atoms with van der Waals surface area (Å²) >= 11 is 0. The van der Waals surface area contributed by atoms with Crippen molar-refractivity contribution in [2.75, 3.05) is 0 Å². The number of halogens is 2. The van der Waals surface area contributed by atoms with E-state index in [1.165, 1.54) is 12.1 Å². The van der Waals surface area contributed by atoms with E-state index in [0.29, 0.717) is 11.4 Å². The zero-order chi connectivity index (χ0) is 15.5. The number of aromatic nitrogens is 2. The number of carbonyl (C=O) groups excluding carboxylic acids is 1. The SMILES string of the molecule is Cl.NC1CCC(NC(=O)c2ccn(-c3ccc(F)cc3)n2)CC1. The number of carbonyl (C=O) groups is 1. The number of hydrogen-bond acceptors (Lipinski definition) is 3. The third-order valence-corrected chi connectivity index (χ3v) is 4.02. The molecule has 0 atom stereocenters. The molecular weight excluding hydrogens is 319 g/mol. The maximum Gasteiger partial charge on any atom is 0.272 e. The summed E-state index contributed by atoms with van der Waals surface area (Å²) in [5.41, 5.74) is 6.93. The molecular formula is C16H20ClFN4O. The zero-order valence-electron chi connectivity index (χ0n) is 12.6. The molecule has 3 N–H and O–H groups in total. The highest BCUT2D eigenvalue weighted by atomic mass is 35.5. The maximum absolute atomic E-state index is 12.9. The van der Waals surface area contributed by atoms with Crippen molar-refractivity contribution in [1.82, 2.24) is 15.1 Å². The maximum atomic E-state index is 12.9. The van der Waals surface area contributed by atoms with Gasteiger partial charge in [0.25, 0.3) is 5.91 Å². The van der Waals surface area contributed by atoms with E-state index < -0.39 is 0 Å². The summed E-state index contributed by atoms with van der Waals surface area (Å²) in [6.45, 7) is 0. The number of nitrogens with two attached hydrogens (primary N) is 1. The van der Waals surface area contributed by atoms with E-state index in [4.69, 9.17) is 5.73 Å². The number of amides is 1. The molecule has 124 valence electrons. The lowest BCUT2D eigenvalue weighted by atomic mass is 9.92. The lowest BCUT2D eigenvalue weighted by Crippen LogP contribution is -2.40. The second-order valence-corrected chi connectivity index (χ2v) is 5.71. The number of rotatable bonds is 3.